The van der Waals surface area contributed by atoms with Crippen LogP contribution in [0.3, 0.4) is 0 Å². The molecule has 0 radical (unpaired) electrons. The van der Waals surface area contributed by atoms with E-state index in [4.69, 9.17) is 199 Å². The molecule has 0 unspecified atom stereocenters. The second kappa shape index (κ2) is 129. The fraction of sp³-hybridized carbons (Fsp3) is 1.00. The molecule has 0 fully saturated rings. The fourth-order valence-electron chi connectivity index (χ4n) is 10.3. The molecule has 824 valence electrons. The fourth-order valence-corrected chi connectivity index (χ4v) is 11.0. The predicted molar refractivity (Wildman–Crippen MR) is 503 cm³/mol. The molecule has 0 saturated carbocycles. The molecule has 0 spiro atoms. The van der Waals surface area contributed by atoms with E-state index < -0.39 is 7.82 Å². The lowest BCUT2D eigenvalue weighted by Gasteiger charge is -2.12. The predicted octanol–water partition coefficient (Wildman–Crippen LogP) is 4.94. The molecule has 0 aliphatic carbocycles. The lowest BCUT2D eigenvalue weighted by Crippen LogP contribution is -2.16. The molecule has 0 aromatic heterocycles. The summed E-state index contributed by atoms with van der Waals surface area (Å²) in [4.78, 5) is 9.90. The molecule has 44 nitrogen and oxygen atoms in total. The maximum atomic E-state index is 12.1. The summed E-state index contributed by atoms with van der Waals surface area (Å²) in [5, 5.41) is 0. The molecule has 0 aliphatic rings. The Morgan fingerprint density at radius 1 is 0.109 bits per heavy atom. The van der Waals surface area contributed by atoms with Crippen LogP contribution in [0, 0.1) is 0 Å². The molecule has 0 atom stereocenters. The van der Waals surface area contributed by atoms with Crippen molar-refractivity contribution in [2.45, 2.75) is 65.2 Å². The van der Waals surface area contributed by atoms with Gasteiger partial charge in [-0.15, -0.1) is 0 Å². The highest BCUT2D eigenvalue weighted by Crippen LogP contribution is 2.42. The Morgan fingerprint density at radius 2 is 0.182 bits per heavy atom. The first kappa shape index (κ1) is 136. The highest BCUT2D eigenvalue weighted by molar-refractivity contribution is 7.47. The SMILES string of the molecule is CCCCCCOCCOCCOCCOCCOCCOCCOCCOCCOCCOCCOCCOCCOCCOCCOCCOCCOCCOCCOCCOCCOP(=O)(O)OCCOCCOCCOCCOCCOCCOCCOCCOCCOCCOCCOCCOCCOCCOCCOCCOCCOCCOCCOCCOCCCCCC. The number of hydrogen-bond donors (Lipinski definition) is 1. The van der Waals surface area contributed by atoms with Gasteiger partial charge in [0.25, 0.3) is 0 Å². The van der Waals surface area contributed by atoms with Gasteiger partial charge in [-0.05, 0) is 12.8 Å². The number of phosphoric acid groups is 1. The first-order valence-corrected chi connectivity index (χ1v) is 51.3. The van der Waals surface area contributed by atoms with E-state index in [0.29, 0.717) is 489 Å². The van der Waals surface area contributed by atoms with E-state index in [0.717, 1.165) is 26.1 Å². The van der Waals surface area contributed by atoms with E-state index in [1.165, 1.54) is 38.5 Å². The summed E-state index contributed by atoms with van der Waals surface area (Å²) in [7, 11) is -4.26. The molecule has 0 bridgehead atoms. The molecular formula is C92H187O44P. The molecular weight excluding hydrogens is 1840 g/mol. The first-order valence-electron chi connectivity index (χ1n) is 49.8. The molecule has 0 aromatic carbocycles. The average Bonchev–Trinajstić information content (AvgIpc) is 0.937. The summed E-state index contributed by atoms with van der Waals surface area (Å²) in [6, 6.07) is 0. The van der Waals surface area contributed by atoms with Crippen LogP contribution in [-0.4, -0.2) is 547 Å². The van der Waals surface area contributed by atoms with Crippen molar-refractivity contribution < 1.29 is 208 Å². The standard InChI is InChI=1S/C92H187O44P/c1-3-5-7-9-11-95-13-15-97-17-19-99-21-23-101-25-27-103-29-31-105-33-35-107-37-39-109-41-43-111-45-47-113-49-51-115-53-55-117-57-59-119-61-63-121-65-67-123-69-71-125-73-75-127-77-79-129-81-83-131-85-87-133-89-91-135-137(93,94)136-92-90-134-88-86-132-84-82-130-80-78-128-76-74-126-72-70-124-68-66-122-64-62-120-60-58-118-56-54-116-52-50-114-48-46-112-44-42-110-40-38-108-36-34-106-32-30-104-28-26-102-24-22-100-20-18-98-16-14-96-12-10-8-6-4-2/h3-92H2,1-2H3,(H,93,94). The van der Waals surface area contributed by atoms with Gasteiger partial charge in [0.2, 0.25) is 0 Å². The number of rotatable bonds is 132. The van der Waals surface area contributed by atoms with Gasteiger partial charge in [0, 0.05) is 13.2 Å². The molecule has 0 rings (SSSR count). The third kappa shape index (κ3) is 131. The van der Waals surface area contributed by atoms with Crippen LogP contribution < -0.4 is 0 Å². The zero-order valence-corrected chi connectivity index (χ0v) is 85.0. The van der Waals surface area contributed by atoms with Gasteiger partial charge in [-0.3, -0.25) is 9.05 Å². The quantitative estimate of drug-likeness (QED) is 0.0622. The summed E-state index contributed by atoms with van der Waals surface area (Å²) >= 11 is 0. The van der Waals surface area contributed by atoms with E-state index >= 15 is 0 Å². The van der Waals surface area contributed by atoms with Crippen LogP contribution in [0.15, 0.2) is 0 Å². The smallest absolute Gasteiger partial charge is 0.379 e. The molecule has 0 saturated heterocycles. The number of phosphoric ester groups is 1. The summed E-state index contributed by atoms with van der Waals surface area (Å²) < 4.78 is 243. The highest BCUT2D eigenvalue weighted by atomic mass is 31.2. The van der Waals surface area contributed by atoms with Crippen molar-refractivity contribution in [3.05, 3.63) is 0 Å². The Kier molecular flexibility index (Phi) is 127. The highest BCUT2D eigenvalue weighted by Gasteiger charge is 2.20. The lowest BCUT2D eigenvalue weighted by molar-refractivity contribution is -0.0315. The van der Waals surface area contributed by atoms with Gasteiger partial charge in [0.05, 0.1) is 529 Å². The van der Waals surface area contributed by atoms with Crippen LogP contribution in [-0.2, 0) is 203 Å². The van der Waals surface area contributed by atoms with Gasteiger partial charge in [0.1, 0.15) is 0 Å². The second-order valence-electron chi connectivity index (χ2n) is 28.8. The third-order valence-corrected chi connectivity index (χ3v) is 18.4. The van der Waals surface area contributed by atoms with Crippen LogP contribution in [0.1, 0.15) is 65.2 Å². The van der Waals surface area contributed by atoms with E-state index in [9.17, 15) is 9.46 Å². The Hall–Kier alpha value is -1.49. The van der Waals surface area contributed by atoms with E-state index in [1.54, 1.807) is 0 Å². The van der Waals surface area contributed by atoms with Crippen LogP contribution in [0.5, 0.6) is 0 Å². The molecule has 0 aromatic rings. The molecule has 137 heavy (non-hydrogen) atoms. The normalized spacial score (nSPS) is 12.0. The van der Waals surface area contributed by atoms with Gasteiger partial charge >= 0.3 is 7.82 Å². The van der Waals surface area contributed by atoms with Crippen molar-refractivity contribution in [3.8, 4) is 0 Å². The average molecular weight is 2030 g/mol. The maximum Gasteiger partial charge on any atom is 0.472 e. The van der Waals surface area contributed by atoms with Crippen molar-refractivity contribution in [2.75, 3.05) is 542 Å². The van der Waals surface area contributed by atoms with Crippen molar-refractivity contribution >= 4 is 7.82 Å². The van der Waals surface area contributed by atoms with Crippen LogP contribution in [0.2, 0.25) is 0 Å². The molecule has 0 aliphatic heterocycles. The molecule has 45 heteroatoms. The Bertz CT molecular complexity index is 2020. The zero-order chi connectivity index (χ0) is 97.8. The van der Waals surface area contributed by atoms with E-state index in [2.05, 4.69) is 13.8 Å². The molecule has 0 amide bonds. The number of unbranched alkanes of at least 4 members (excludes halogenated alkanes) is 6. The minimum atomic E-state index is -4.26. The summed E-state index contributed by atoms with van der Waals surface area (Å²) in [5.41, 5.74) is 0. The van der Waals surface area contributed by atoms with Gasteiger partial charge in [-0.25, -0.2) is 4.57 Å². The third-order valence-electron chi connectivity index (χ3n) is 17.4. The summed E-state index contributed by atoms with van der Waals surface area (Å²) in [5.74, 6) is 0. The zero-order valence-electron chi connectivity index (χ0n) is 84.1. The van der Waals surface area contributed by atoms with E-state index in [1.807, 2.05) is 0 Å². The lowest BCUT2D eigenvalue weighted by atomic mass is 10.2. The van der Waals surface area contributed by atoms with Crippen molar-refractivity contribution in [1.82, 2.24) is 0 Å². The number of hydrogen-bond acceptors (Lipinski definition) is 43. The largest absolute Gasteiger partial charge is 0.472 e. The Morgan fingerprint density at radius 3 is 0.263 bits per heavy atom. The summed E-state index contributed by atoms with van der Waals surface area (Å²) in [6.07, 6.45) is 9.69. The van der Waals surface area contributed by atoms with Gasteiger partial charge < -0.3 is 194 Å². The van der Waals surface area contributed by atoms with Crippen molar-refractivity contribution in [3.63, 3.8) is 0 Å². The summed E-state index contributed by atoms with van der Waals surface area (Å²) in [6.45, 7) is 41.6. The second-order valence-corrected chi connectivity index (χ2v) is 30.2. The van der Waals surface area contributed by atoms with Crippen LogP contribution >= 0.6 is 7.82 Å². The van der Waals surface area contributed by atoms with E-state index in [-0.39, 0.29) is 39.6 Å². The van der Waals surface area contributed by atoms with Crippen LogP contribution in [0.25, 0.3) is 0 Å². The minimum Gasteiger partial charge on any atom is -0.379 e. The maximum absolute atomic E-state index is 12.1. The van der Waals surface area contributed by atoms with Gasteiger partial charge in [-0.1, -0.05) is 52.4 Å². The molecule has 1 N–H and O–H groups in total. The van der Waals surface area contributed by atoms with Crippen LogP contribution in [0.4, 0.5) is 0 Å². The van der Waals surface area contributed by atoms with Crippen molar-refractivity contribution in [2.24, 2.45) is 0 Å². The Labute approximate surface area is 819 Å². The van der Waals surface area contributed by atoms with Gasteiger partial charge in [-0.2, -0.15) is 0 Å². The molecule has 0 heterocycles. The topological polar surface area (TPSA) is 425 Å². The monoisotopic (exact) mass is 2030 g/mol. The minimum absolute atomic E-state index is 0.0803. The Balaban J connectivity index is 3.18. The van der Waals surface area contributed by atoms with Crippen molar-refractivity contribution in [1.29, 1.82) is 0 Å². The van der Waals surface area contributed by atoms with Gasteiger partial charge in [0.15, 0.2) is 0 Å². The first-order chi connectivity index (χ1) is 68.1. The number of ether oxygens (including phenoxy) is 40.